The lowest BCUT2D eigenvalue weighted by Gasteiger charge is -2.13. The fraction of sp³-hybridized carbons (Fsp3) is 0.400. The Bertz CT molecular complexity index is 893. The quantitative estimate of drug-likeness (QED) is 0.206. The minimum absolute atomic E-state index is 0.0788. The molecule has 0 saturated carbocycles. The fourth-order valence-corrected chi connectivity index (χ4v) is 4.39. The van der Waals surface area contributed by atoms with E-state index >= 15 is 0 Å². The zero-order chi connectivity index (χ0) is 22.1. The summed E-state index contributed by atoms with van der Waals surface area (Å²) in [5, 5.41) is 2.95. The number of rotatable bonds is 12. The second kappa shape index (κ2) is 12.0. The van der Waals surface area contributed by atoms with Crippen molar-refractivity contribution in [1.29, 1.82) is 0 Å². The molecule has 6 heteroatoms. The van der Waals surface area contributed by atoms with Crippen molar-refractivity contribution >= 4 is 46.0 Å². The van der Waals surface area contributed by atoms with Crippen LogP contribution in [0.25, 0.3) is 0 Å². The first-order chi connectivity index (χ1) is 15.1. The van der Waals surface area contributed by atoms with Crippen LogP contribution < -0.4 is 5.32 Å². The van der Waals surface area contributed by atoms with E-state index in [0.29, 0.717) is 24.1 Å². The molecule has 0 spiro atoms. The molecule has 0 unspecified atom stereocenters. The van der Waals surface area contributed by atoms with Gasteiger partial charge in [-0.25, -0.2) is 0 Å². The molecule has 1 aliphatic heterocycles. The summed E-state index contributed by atoms with van der Waals surface area (Å²) >= 11 is 2.24. The molecular weight excluding hydrogens is 503 g/mol. The Hall–Kier alpha value is -2.22. The predicted molar refractivity (Wildman–Crippen MR) is 131 cm³/mol. The SMILES string of the molecule is O=C(CCCCCCCCCCN1C(=O)c2ccccc2C1=O)Nc1cccc(I)c1. The maximum Gasteiger partial charge on any atom is 0.261 e. The monoisotopic (exact) mass is 532 g/mol. The van der Waals surface area contributed by atoms with Gasteiger partial charge in [-0.2, -0.15) is 0 Å². The molecule has 0 aromatic heterocycles. The van der Waals surface area contributed by atoms with Crippen LogP contribution in [0, 0.1) is 3.57 Å². The summed E-state index contributed by atoms with van der Waals surface area (Å²) in [5.74, 6) is -0.242. The Morgan fingerprint density at radius 1 is 0.774 bits per heavy atom. The number of unbranched alkanes of at least 4 members (excludes halogenated alkanes) is 7. The van der Waals surface area contributed by atoms with E-state index in [0.717, 1.165) is 60.6 Å². The van der Waals surface area contributed by atoms with Crippen LogP contribution >= 0.6 is 22.6 Å². The molecule has 5 nitrogen and oxygen atoms in total. The van der Waals surface area contributed by atoms with E-state index in [2.05, 4.69) is 27.9 Å². The highest BCUT2D eigenvalue weighted by Gasteiger charge is 2.34. The lowest BCUT2D eigenvalue weighted by Crippen LogP contribution is -2.30. The van der Waals surface area contributed by atoms with E-state index in [4.69, 9.17) is 0 Å². The molecule has 0 radical (unpaired) electrons. The first kappa shape index (κ1) is 23.4. The molecule has 0 bridgehead atoms. The number of imide groups is 1. The van der Waals surface area contributed by atoms with Gasteiger partial charge in [-0.15, -0.1) is 0 Å². The summed E-state index contributed by atoms with van der Waals surface area (Å²) in [4.78, 5) is 38.0. The highest BCUT2D eigenvalue weighted by molar-refractivity contribution is 14.1. The van der Waals surface area contributed by atoms with Gasteiger partial charge in [0.15, 0.2) is 0 Å². The number of hydrogen-bond donors (Lipinski definition) is 1. The summed E-state index contributed by atoms with van der Waals surface area (Å²) in [6.45, 7) is 0.502. The number of halogens is 1. The third kappa shape index (κ3) is 6.89. The standard InChI is InChI=1S/C25H29IN2O3/c26-19-12-11-13-20(18-19)27-23(29)16-7-5-3-1-2-4-6-10-17-28-24(30)21-14-8-9-15-22(21)25(28)31/h8-9,11-15,18H,1-7,10,16-17H2,(H,27,29). The lowest BCUT2D eigenvalue weighted by molar-refractivity contribution is -0.116. The maximum absolute atomic E-state index is 12.3. The number of nitrogens with zero attached hydrogens (tertiary/aromatic N) is 1. The van der Waals surface area contributed by atoms with E-state index < -0.39 is 0 Å². The first-order valence-corrected chi connectivity index (χ1v) is 12.1. The van der Waals surface area contributed by atoms with Crippen LogP contribution in [0.4, 0.5) is 5.69 Å². The molecular formula is C25H29IN2O3. The van der Waals surface area contributed by atoms with Gasteiger partial charge in [-0.05, 0) is 65.8 Å². The molecule has 3 rings (SSSR count). The second-order valence-electron chi connectivity index (χ2n) is 7.94. The molecule has 1 N–H and O–H groups in total. The molecule has 3 amide bonds. The number of benzene rings is 2. The van der Waals surface area contributed by atoms with E-state index in [1.54, 1.807) is 24.3 Å². The summed E-state index contributed by atoms with van der Waals surface area (Å²) in [7, 11) is 0. The summed E-state index contributed by atoms with van der Waals surface area (Å²) in [6.07, 6.45) is 8.96. The number of fused-ring (bicyclic) bond motifs is 1. The Kier molecular flexibility index (Phi) is 9.06. The Labute approximate surface area is 197 Å². The highest BCUT2D eigenvalue weighted by atomic mass is 127. The molecule has 0 atom stereocenters. The largest absolute Gasteiger partial charge is 0.326 e. The predicted octanol–water partition coefficient (Wildman–Crippen LogP) is 6.04. The van der Waals surface area contributed by atoms with Gasteiger partial charge < -0.3 is 5.32 Å². The molecule has 2 aromatic rings. The smallest absolute Gasteiger partial charge is 0.261 e. The minimum atomic E-state index is -0.161. The van der Waals surface area contributed by atoms with Crippen molar-refractivity contribution in [3.05, 3.63) is 63.2 Å². The molecule has 0 aliphatic carbocycles. The molecule has 31 heavy (non-hydrogen) atoms. The van der Waals surface area contributed by atoms with Gasteiger partial charge in [0.1, 0.15) is 0 Å². The Morgan fingerprint density at radius 2 is 1.35 bits per heavy atom. The van der Waals surface area contributed by atoms with E-state index in [1.807, 2.05) is 24.3 Å². The molecule has 2 aromatic carbocycles. The first-order valence-electron chi connectivity index (χ1n) is 11.1. The van der Waals surface area contributed by atoms with Crippen LogP contribution in [-0.2, 0) is 4.79 Å². The van der Waals surface area contributed by atoms with Gasteiger partial charge in [-0.1, -0.05) is 56.7 Å². The fourth-order valence-electron chi connectivity index (χ4n) is 3.85. The van der Waals surface area contributed by atoms with Gasteiger partial charge in [0.25, 0.3) is 11.8 Å². The number of hydrogen-bond acceptors (Lipinski definition) is 3. The lowest BCUT2D eigenvalue weighted by atomic mass is 10.1. The second-order valence-corrected chi connectivity index (χ2v) is 9.19. The molecule has 1 aliphatic rings. The normalized spacial score (nSPS) is 12.9. The van der Waals surface area contributed by atoms with Crippen molar-refractivity contribution in [2.45, 2.75) is 57.8 Å². The van der Waals surface area contributed by atoms with Crippen LogP contribution in [-0.4, -0.2) is 29.2 Å². The molecule has 0 saturated heterocycles. The van der Waals surface area contributed by atoms with Gasteiger partial charge in [0.2, 0.25) is 5.91 Å². The van der Waals surface area contributed by atoms with Crippen molar-refractivity contribution in [2.24, 2.45) is 0 Å². The third-order valence-corrected chi connectivity index (χ3v) is 6.19. The van der Waals surface area contributed by atoms with Crippen molar-refractivity contribution < 1.29 is 14.4 Å². The molecule has 164 valence electrons. The van der Waals surface area contributed by atoms with Crippen molar-refractivity contribution in [3.8, 4) is 0 Å². The number of carbonyl (C=O) groups is 3. The summed E-state index contributed by atoms with van der Waals surface area (Å²) in [6, 6.07) is 14.9. The van der Waals surface area contributed by atoms with Crippen LogP contribution in [0.2, 0.25) is 0 Å². The minimum Gasteiger partial charge on any atom is -0.326 e. The average molecular weight is 532 g/mol. The zero-order valence-corrected chi connectivity index (χ0v) is 19.9. The topological polar surface area (TPSA) is 66.5 Å². The van der Waals surface area contributed by atoms with Crippen LogP contribution in [0.5, 0.6) is 0 Å². The van der Waals surface area contributed by atoms with Crippen molar-refractivity contribution in [3.63, 3.8) is 0 Å². The van der Waals surface area contributed by atoms with Crippen LogP contribution in [0.15, 0.2) is 48.5 Å². The average Bonchev–Trinajstić information content (AvgIpc) is 3.00. The van der Waals surface area contributed by atoms with Crippen molar-refractivity contribution in [2.75, 3.05) is 11.9 Å². The van der Waals surface area contributed by atoms with Crippen LogP contribution in [0.3, 0.4) is 0 Å². The van der Waals surface area contributed by atoms with Crippen LogP contribution in [0.1, 0.15) is 78.5 Å². The van der Waals surface area contributed by atoms with E-state index in [1.165, 1.54) is 4.90 Å². The third-order valence-electron chi connectivity index (χ3n) is 5.52. The van der Waals surface area contributed by atoms with Crippen molar-refractivity contribution in [1.82, 2.24) is 4.90 Å². The van der Waals surface area contributed by atoms with Gasteiger partial charge in [-0.3, -0.25) is 19.3 Å². The Balaban J connectivity index is 1.19. The maximum atomic E-state index is 12.3. The molecule has 0 fully saturated rings. The number of nitrogens with one attached hydrogen (secondary N) is 1. The van der Waals surface area contributed by atoms with Gasteiger partial charge >= 0.3 is 0 Å². The molecule has 1 heterocycles. The highest BCUT2D eigenvalue weighted by Crippen LogP contribution is 2.23. The Morgan fingerprint density at radius 3 is 1.97 bits per heavy atom. The number of anilines is 1. The van der Waals surface area contributed by atoms with Gasteiger partial charge in [0.05, 0.1) is 11.1 Å². The van der Waals surface area contributed by atoms with E-state index in [-0.39, 0.29) is 17.7 Å². The zero-order valence-electron chi connectivity index (χ0n) is 17.7. The van der Waals surface area contributed by atoms with Gasteiger partial charge in [0, 0.05) is 22.2 Å². The summed E-state index contributed by atoms with van der Waals surface area (Å²) < 4.78 is 1.11. The van der Waals surface area contributed by atoms with E-state index in [9.17, 15) is 14.4 Å². The summed E-state index contributed by atoms with van der Waals surface area (Å²) in [5.41, 5.74) is 1.91. The number of carbonyl (C=O) groups excluding carboxylic acids is 3. The number of amides is 3.